The van der Waals surface area contributed by atoms with Crippen molar-refractivity contribution in [3.63, 3.8) is 0 Å². The van der Waals surface area contributed by atoms with Crippen LogP contribution in [0.2, 0.25) is 0 Å². The summed E-state index contributed by atoms with van der Waals surface area (Å²) in [6.07, 6.45) is 3.54. The summed E-state index contributed by atoms with van der Waals surface area (Å²) >= 11 is 0. The molecule has 2 unspecified atom stereocenters. The summed E-state index contributed by atoms with van der Waals surface area (Å²) in [5, 5.41) is 0. The molecule has 2 atom stereocenters. The van der Waals surface area contributed by atoms with E-state index >= 15 is 0 Å². The summed E-state index contributed by atoms with van der Waals surface area (Å²) < 4.78 is 0. The first-order valence-corrected chi connectivity index (χ1v) is 5.18. The van der Waals surface area contributed by atoms with Gasteiger partial charge in [-0.3, -0.25) is 0 Å². The maximum atomic E-state index is 6.10. The second kappa shape index (κ2) is 3.25. The monoisotopic (exact) mass is 184 g/mol. The van der Waals surface area contributed by atoms with Crippen molar-refractivity contribution >= 4 is 0 Å². The average Bonchev–Trinajstić information content (AvgIpc) is 1.79. The van der Waals surface area contributed by atoms with Gasteiger partial charge in [-0.15, -0.1) is 0 Å². The first-order chi connectivity index (χ1) is 5.75. The molecular formula is C11H24N2. The first-order valence-electron chi connectivity index (χ1n) is 5.18. The molecule has 1 aliphatic rings. The highest BCUT2D eigenvalue weighted by atomic mass is 15.1. The van der Waals surface area contributed by atoms with Crippen LogP contribution in [-0.2, 0) is 0 Å². The lowest BCUT2D eigenvalue weighted by atomic mass is 9.66. The third-order valence-electron chi connectivity index (χ3n) is 3.46. The Morgan fingerprint density at radius 1 is 1.15 bits per heavy atom. The molecule has 1 rings (SSSR count). The normalized spacial score (nSPS) is 39.5. The Morgan fingerprint density at radius 2 is 1.69 bits per heavy atom. The molecule has 1 fully saturated rings. The highest BCUT2D eigenvalue weighted by Gasteiger charge is 2.41. The molecular weight excluding hydrogens is 160 g/mol. The van der Waals surface area contributed by atoms with Gasteiger partial charge in [0, 0.05) is 11.6 Å². The molecule has 0 spiro atoms. The largest absolute Gasteiger partial charge is 0.328 e. The highest BCUT2D eigenvalue weighted by molar-refractivity contribution is 4.98. The van der Waals surface area contributed by atoms with Crippen molar-refractivity contribution in [3.8, 4) is 0 Å². The fourth-order valence-corrected chi connectivity index (χ4v) is 2.86. The van der Waals surface area contributed by atoms with Crippen molar-refractivity contribution in [1.29, 1.82) is 0 Å². The maximum absolute atomic E-state index is 6.10. The first kappa shape index (κ1) is 11.0. The summed E-state index contributed by atoms with van der Waals surface area (Å²) in [5.74, 6) is 0. The minimum atomic E-state index is 0.293. The second-order valence-electron chi connectivity index (χ2n) is 5.90. The van der Waals surface area contributed by atoms with Crippen molar-refractivity contribution in [3.05, 3.63) is 0 Å². The summed E-state index contributed by atoms with van der Waals surface area (Å²) in [6, 6.07) is 0.371. The van der Waals surface area contributed by atoms with E-state index in [4.69, 9.17) is 5.73 Å². The van der Waals surface area contributed by atoms with E-state index in [-0.39, 0.29) is 0 Å². The Balaban J connectivity index is 2.78. The van der Waals surface area contributed by atoms with Crippen LogP contribution < -0.4 is 5.73 Å². The lowest BCUT2D eigenvalue weighted by Crippen LogP contribution is -2.53. The van der Waals surface area contributed by atoms with Gasteiger partial charge in [0.2, 0.25) is 0 Å². The van der Waals surface area contributed by atoms with Crippen LogP contribution in [0.1, 0.15) is 40.0 Å². The minimum Gasteiger partial charge on any atom is -0.328 e. The predicted molar refractivity (Wildman–Crippen MR) is 57.7 cm³/mol. The van der Waals surface area contributed by atoms with Gasteiger partial charge in [0.15, 0.2) is 0 Å². The van der Waals surface area contributed by atoms with E-state index in [2.05, 4.69) is 39.8 Å². The molecule has 2 nitrogen and oxygen atoms in total. The van der Waals surface area contributed by atoms with E-state index in [0.29, 0.717) is 17.0 Å². The van der Waals surface area contributed by atoms with Crippen LogP contribution in [0.15, 0.2) is 0 Å². The molecule has 0 saturated heterocycles. The molecule has 13 heavy (non-hydrogen) atoms. The molecule has 0 bridgehead atoms. The smallest absolute Gasteiger partial charge is 0.0195 e. The van der Waals surface area contributed by atoms with Gasteiger partial charge in [-0.1, -0.05) is 13.8 Å². The molecule has 0 aromatic heterocycles. The van der Waals surface area contributed by atoms with Gasteiger partial charge in [-0.05, 0) is 45.7 Å². The number of nitrogens with two attached hydrogens (primary N) is 1. The summed E-state index contributed by atoms with van der Waals surface area (Å²) in [4.78, 5) is 2.33. The fraction of sp³-hybridized carbons (Fsp3) is 1.00. The maximum Gasteiger partial charge on any atom is 0.0195 e. The average molecular weight is 184 g/mol. The molecule has 0 amide bonds. The van der Waals surface area contributed by atoms with Crippen LogP contribution >= 0.6 is 0 Å². The molecule has 0 radical (unpaired) electrons. The minimum absolute atomic E-state index is 0.293. The Morgan fingerprint density at radius 3 is 2.08 bits per heavy atom. The molecule has 78 valence electrons. The molecule has 2 N–H and O–H groups in total. The van der Waals surface area contributed by atoms with E-state index < -0.39 is 0 Å². The van der Waals surface area contributed by atoms with Gasteiger partial charge in [-0.25, -0.2) is 0 Å². The standard InChI is InChI=1S/C11H24N2/c1-10(2)6-9(12)7-11(3,8-10)13(4)5/h9H,6-8,12H2,1-5H3. The van der Waals surface area contributed by atoms with Crippen LogP contribution in [0.25, 0.3) is 0 Å². The predicted octanol–water partition coefficient (Wildman–Crippen LogP) is 1.84. The molecule has 0 aromatic carbocycles. The quantitative estimate of drug-likeness (QED) is 0.674. The van der Waals surface area contributed by atoms with Crippen LogP contribution in [0.5, 0.6) is 0 Å². The van der Waals surface area contributed by atoms with Crippen molar-refractivity contribution < 1.29 is 0 Å². The van der Waals surface area contributed by atoms with Crippen molar-refractivity contribution in [1.82, 2.24) is 4.90 Å². The SMILES string of the molecule is CN(C)C1(C)CC(N)CC(C)(C)C1. The highest BCUT2D eigenvalue weighted by Crippen LogP contribution is 2.42. The van der Waals surface area contributed by atoms with Crippen molar-refractivity contribution in [2.45, 2.75) is 51.6 Å². The van der Waals surface area contributed by atoms with Crippen molar-refractivity contribution in [2.75, 3.05) is 14.1 Å². The van der Waals surface area contributed by atoms with E-state index in [1.54, 1.807) is 0 Å². The zero-order valence-corrected chi connectivity index (χ0v) is 9.72. The second-order valence-corrected chi connectivity index (χ2v) is 5.90. The van der Waals surface area contributed by atoms with Crippen LogP contribution in [0.4, 0.5) is 0 Å². The molecule has 0 aromatic rings. The lowest BCUT2D eigenvalue weighted by molar-refractivity contribution is 0.0416. The van der Waals surface area contributed by atoms with Crippen LogP contribution in [0, 0.1) is 5.41 Å². The van der Waals surface area contributed by atoms with E-state index in [9.17, 15) is 0 Å². The van der Waals surface area contributed by atoms with Gasteiger partial charge in [0.1, 0.15) is 0 Å². The Labute approximate surface area is 82.5 Å². The molecule has 1 aliphatic carbocycles. The molecule has 0 heterocycles. The fourth-order valence-electron chi connectivity index (χ4n) is 2.86. The van der Waals surface area contributed by atoms with Crippen LogP contribution in [0.3, 0.4) is 0 Å². The molecule has 0 aliphatic heterocycles. The number of rotatable bonds is 1. The summed E-state index contributed by atoms with van der Waals surface area (Å²) in [7, 11) is 4.32. The van der Waals surface area contributed by atoms with Gasteiger partial charge in [0.05, 0.1) is 0 Å². The zero-order chi connectivity index (χ0) is 10.3. The van der Waals surface area contributed by atoms with E-state index in [1.165, 1.54) is 6.42 Å². The number of hydrogen-bond donors (Lipinski definition) is 1. The number of hydrogen-bond acceptors (Lipinski definition) is 2. The molecule has 2 heteroatoms. The van der Waals surface area contributed by atoms with Gasteiger partial charge in [-0.2, -0.15) is 0 Å². The lowest BCUT2D eigenvalue weighted by Gasteiger charge is -2.49. The Bertz CT molecular complexity index is 187. The van der Waals surface area contributed by atoms with Gasteiger partial charge < -0.3 is 10.6 Å². The Hall–Kier alpha value is -0.0800. The summed E-state index contributed by atoms with van der Waals surface area (Å²) in [5.41, 5.74) is 6.79. The molecule has 1 saturated carbocycles. The number of nitrogens with zero attached hydrogens (tertiary/aromatic N) is 1. The van der Waals surface area contributed by atoms with E-state index in [0.717, 1.165) is 12.8 Å². The van der Waals surface area contributed by atoms with Crippen LogP contribution in [-0.4, -0.2) is 30.6 Å². The third kappa shape index (κ3) is 2.44. The third-order valence-corrected chi connectivity index (χ3v) is 3.46. The van der Waals surface area contributed by atoms with Gasteiger partial charge >= 0.3 is 0 Å². The topological polar surface area (TPSA) is 29.3 Å². The van der Waals surface area contributed by atoms with Gasteiger partial charge in [0.25, 0.3) is 0 Å². The van der Waals surface area contributed by atoms with E-state index in [1.807, 2.05) is 0 Å². The summed E-state index contributed by atoms with van der Waals surface area (Å²) in [6.45, 7) is 6.98. The zero-order valence-electron chi connectivity index (χ0n) is 9.72. The van der Waals surface area contributed by atoms with Crippen molar-refractivity contribution in [2.24, 2.45) is 11.1 Å². The Kier molecular flexibility index (Phi) is 2.75.